The fraction of sp³-hybridized carbons (Fsp3) is 0.692. The van der Waals surface area contributed by atoms with Gasteiger partial charge in [0.2, 0.25) is 0 Å². The second kappa shape index (κ2) is 9.46. The molecule has 1 aromatic rings. The van der Waals surface area contributed by atoms with Crippen molar-refractivity contribution in [2.75, 3.05) is 19.7 Å². The molecule has 0 radical (unpaired) electrons. The summed E-state index contributed by atoms with van der Waals surface area (Å²) in [4.78, 5) is 29.5. The number of hydrogen-bond donors (Lipinski definition) is 1. The number of likely N-dealkylation sites (tertiary alicyclic amines) is 1. The lowest BCUT2D eigenvalue weighted by Gasteiger charge is -2.52. The number of benzene rings is 1. The standard InChI is InChI=1S/C26H36FN3O4/c1-3-28-25(32)29-15-7-14-26-16-33-22(27)23(31)30(26)24(17(2)21(26)29)34-20-12-10-19(11-13-20)18-8-5-4-6-9-18/h4-6,8-9,17,19-22,24H,3,7,10-16H2,1-2H3,(H,28,32)/t17-,19?,20?,21-,22?,24?,26+/m0/s1. The van der Waals surface area contributed by atoms with E-state index in [1.807, 2.05) is 24.8 Å². The Morgan fingerprint density at radius 1 is 1.24 bits per heavy atom. The molecule has 3 saturated heterocycles. The number of carbonyl (C=O) groups excluding carboxylic acids is 2. The summed E-state index contributed by atoms with van der Waals surface area (Å²) in [6.45, 7) is 5.15. The number of urea groups is 1. The maximum atomic E-state index is 14.5. The van der Waals surface area contributed by atoms with Crippen LogP contribution >= 0.6 is 0 Å². The van der Waals surface area contributed by atoms with Crippen LogP contribution in [0.15, 0.2) is 30.3 Å². The van der Waals surface area contributed by atoms with Crippen molar-refractivity contribution in [3.63, 3.8) is 0 Å². The molecular weight excluding hydrogens is 437 g/mol. The lowest BCUT2D eigenvalue weighted by atomic mass is 9.78. The van der Waals surface area contributed by atoms with Crippen LogP contribution in [-0.4, -0.2) is 71.7 Å². The molecule has 34 heavy (non-hydrogen) atoms. The average molecular weight is 474 g/mol. The van der Waals surface area contributed by atoms with Crippen LogP contribution in [0.2, 0.25) is 0 Å². The Labute approximate surface area is 200 Å². The summed E-state index contributed by atoms with van der Waals surface area (Å²) in [5, 5.41) is 2.91. The molecule has 0 bridgehead atoms. The summed E-state index contributed by atoms with van der Waals surface area (Å²) in [6.07, 6.45) is 2.74. The minimum atomic E-state index is -1.98. The van der Waals surface area contributed by atoms with E-state index >= 15 is 0 Å². The number of nitrogens with zero attached hydrogens (tertiary/aromatic N) is 2. The van der Waals surface area contributed by atoms with Crippen molar-refractivity contribution in [2.45, 2.75) is 88.6 Å². The van der Waals surface area contributed by atoms with Gasteiger partial charge in [-0.3, -0.25) is 4.79 Å². The van der Waals surface area contributed by atoms with E-state index in [9.17, 15) is 14.0 Å². The Morgan fingerprint density at radius 3 is 2.68 bits per heavy atom. The normalized spacial score (nSPS) is 37.8. The summed E-state index contributed by atoms with van der Waals surface area (Å²) in [5.74, 6) is -0.293. The largest absolute Gasteiger partial charge is 0.355 e. The molecule has 1 aliphatic carbocycles. The molecule has 7 nitrogen and oxygen atoms in total. The van der Waals surface area contributed by atoms with Crippen molar-refractivity contribution in [1.82, 2.24) is 15.1 Å². The van der Waals surface area contributed by atoms with Crippen LogP contribution < -0.4 is 5.32 Å². The van der Waals surface area contributed by atoms with Gasteiger partial charge in [-0.05, 0) is 56.9 Å². The SMILES string of the molecule is CCNC(=O)N1CCC[C@]23COC(F)C(=O)N2C(OC2CCC(c4ccccc4)CC2)[C@@H](C)[C@H]13. The van der Waals surface area contributed by atoms with Crippen molar-refractivity contribution in [2.24, 2.45) is 5.92 Å². The minimum Gasteiger partial charge on any atom is -0.355 e. The third-order valence-electron chi connectivity index (χ3n) is 8.35. The van der Waals surface area contributed by atoms with E-state index in [4.69, 9.17) is 9.47 Å². The molecule has 5 atom stereocenters. The molecule has 4 aliphatic rings. The van der Waals surface area contributed by atoms with Gasteiger partial charge in [-0.2, -0.15) is 0 Å². The molecule has 186 valence electrons. The van der Waals surface area contributed by atoms with Gasteiger partial charge < -0.3 is 24.6 Å². The van der Waals surface area contributed by atoms with Crippen molar-refractivity contribution in [1.29, 1.82) is 0 Å². The fourth-order valence-corrected chi connectivity index (χ4v) is 6.90. The molecule has 3 amide bonds. The number of amides is 3. The van der Waals surface area contributed by atoms with Gasteiger partial charge in [0, 0.05) is 19.0 Å². The van der Waals surface area contributed by atoms with E-state index in [1.54, 1.807) is 4.90 Å². The number of halogens is 1. The maximum Gasteiger partial charge on any atom is 0.317 e. The summed E-state index contributed by atoms with van der Waals surface area (Å²) in [7, 11) is 0. The van der Waals surface area contributed by atoms with Crippen LogP contribution in [0.4, 0.5) is 9.18 Å². The molecular formula is C26H36FN3O4. The maximum absolute atomic E-state index is 14.5. The van der Waals surface area contributed by atoms with Crippen LogP contribution in [0.1, 0.15) is 63.9 Å². The molecule has 4 fully saturated rings. The van der Waals surface area contributed by atoms with Crippen LogP contribution in [0.3, 0.4) is 0 Å². The quantitative estimate of drug-likeness (QED) is 0.722. The van der Waals surface area contributed by atoms with Crippen LogP contribution in [0, 0.1) is 5.92 Å². The Kier molecular flexibility index (Phi) is 6.55. The van der Waals surface area contributed by atoms with Gasteiger partial charge in [-0.25, -0.2) is 9.18 Å². The predicted octanol–water partition coefficient (Wildman–Crippen LogP) is 3.79. The monoisotopic (exact) mass is 473 g/mol. The molecule has 1 aromatic carbocycles. The summed E-state index contributed by atoms with van der Waals surface area (Å²) >= 11 is 0. The van der Waals surface area contributed by atoms with E-state index in [0.717, 1.165) is 32.1 Å². The fourth-order valence-electron chi connectivity index (χ4n) is 6.90. The first kappa shape index (κ1) is 23.5. The van der Waals surface area contributed by atoms with E-state index in [-0.39, 0.29) is 30.7 Å². The molecule has 1 spiro atoms. The van der Waals surface area contributed by atoms with Crippen molar-refractivity contribution in [3.05, 3.63) is 35.9 Å². The molecule has 3 aliphatic heterocycles. The average Bonchev–Trinajstić information content (AvgIpc) is 3.11. The number of ether oxygens (including phenoxy) is 2. The molecule has 3 heterocycles. The smallest absolute Gasteiger partial charge is 0.317 e. The number of hydrogen-bond acceptors (Lipinski definition) is 4. The predicted molar refractivity (Wildman–Crippen MR) is 125 cm³/mol. The first-order chi connectivity index (χ1) is 16.5. The van der Waals surface area contributed by atoms with Gasteiger partial charge in [-0.15, -0.1) is 0 Å². The van der Waals surface area contributed by atoms with Gasteiger partial charge in [0.25, 0.3) is 12.3 Å². The van der Waals surface area contributed by atoms with Crippen molar-refractivity contribution >= 4 is 11.9 Å². The number of rotatable bonds is 4. The zero-order valence-electron chi connectivity index (χ0n) is 20.1. The number of morpholine rings is 1. The Hall–Kier alpha value is -2.19. The highest BCUT2D eigenvalue weighted by Crippen LogP contribution is 2.50. The van der Waals surface area contributed by atoms with E-state index in [0.29, 0.717) is 25.4 Å². The van der Waals surface area contributed by atoms with E-state index in [2.05, 4.69) is 29.6 Å². The molecule has 2 unspecified atom stereocenters. The van der Waals surface area contributed by atoms with Crippen molar-refractivity contribution < 1.29 is 23.5 Å². The second-order valence-corrected chi connectivity index (χ2v) is 10.3. The Balaban J connectivity index is 1.36. The molecule has 8 heteroatoms. The second-order valence-electron chi connectivity index (χ2n) is 10.3. The van der Waals surface area contributed by atoms with Crippen LogP contribution in [0.5, 0.6) is 0 Å². The van der Waals surface area contributed by atoms with Crippen LogP contribution in [0.25, 0.3) is 0 Å². The first-order valence-electron chi connectivity index (χ1n) is 12.8. The highest BCUT2D eigenvalue weighted by atomic mass is 19.1. The highest BCUT2D eigenvalue weighted by Gasteiger charge is 2.66. The molecule has 5 rings (SSSR count). The van der Waals surface area contributed by atoms with Gasteiger partial charge >= 0.3 is 6.03 Å². The lowest BCUT2D eigenvalue weighted by molar-refractivity contribution is -0.214. The van der Waals surface area contributed by atoms with Gasteiger partial charge in [0.1, 0.15) is 6.23 Å². The highest BCUT2D eigenvalue weighted by molar-refractivity contribution is 5.83. The number of piperidine rings is 1. The first-order valence-corrected chi connectivity index (χ1v) is 12.8. The van der Waals surface area contributed by atoms with Gasteiger partial charge in [0.15, 0.2) is 0 Å². The van der Waals surface area contributed by atoms with E-state index < -0.39 is 24.0 Å². The number of alkyl halides is 1. The zero-order valence-corrected chi connectivity index (χ0v) is 20.1. The Morgan fingerprint density at radius 2 is 1.97 bits per heavy atom. The third-order valence-corrected chi connectivity index (χ3v) is 8.35. The van der Waals surface area contributed by atoms with Gasteiger partial charge in [-0.1, -0.05) is 37.3 Å². The summed E-state index contributed by atoms with van der Waals surface area (Å²) in [5.41, 5.74) is 0.621. The Bertz CT molecular complexity index is 893. The third kappa shape index (κ3) is 3.88. The van der Waals surface area contributed by atoms with Crippen LogP contribution in [-0.2, 0) is 14.3 Å². The summed E-state index contributed by atoms with van der Waals surface area (Å²) < 4.78 is 26.5. The van der Waals surface area contributed by atoms with Gasteiger partial charge in [0.05, 0.1) is 24.3 Å². The molecule has 1 saturated carbocycles. The number of carbonyl (C=O) groups is 2. The number of nitrogens with one attached hydrogen (secondary N) is 1. The zero-order chi connectivity index (χ0) is 23.9. The summed E-state index contributed by atoms with van der Waals surface area (Å²) in [6, 6.07) is 10.2. The topological polar surface area (TPSA) is 71.1 Å². The van der Waals surface area contributed by atoms with E-state index in [1.165, 1.54) is 5.56 Å². The minimum absolute atomic E-state index is 0.0104. The van der Waals surface area contributed by atoms with Crippen molar-refractivity contribution in [3.8, 4) is 0 Å². The molecule has 1 N–H and O–H groups in total. The lowest BCUT2D eigenvalue weighted by Crippen LogP contribution is -2.70. The molecule has 0 aromatic heterocycles.